The molecule has 0 spiro atoms. The van der Waals surface area contributed by atoms with Gasteiger partial charge in [-0.15, -0.1) is 0 Å². The van der Waals surface area contributed by atoms with Crippen molar-refractivity contribution in [2.75, 3.05) is 7.11 Å². The van der Waals surface area contributed by atoms with Gasteiger partial charge < -0.3 is 9.84 Å². The number of methoxy groups -OCH3 is 1. The molecule has 0 radical (unpaired) electrons. The van der Waals surface area contributed by atoms with Crippen molar-refractivity contribution < 1.29 is 19.0 Å². The molecule has 0 amide bonds. The first-order valence-electron chi connectivity index (χ1n) is 4.10. The Kier molecular flexibility index (Phi) is 3.06. The van der Waals surface area contributed by atoms with Crippen molar-refractivity contribution in [3.8, 4) is 5.75 Å². The van der Waals surface area contributed by atoms with Crippen LogP contribution in [0.2, 0.25) is 0 Å². The van der Waals surface area contributed by atoms with E-state index in [1.165, 1.54) is 13.2 Å². The van der Waals surface area contributed by atoms with Gasteiger partial charge in [0.05, 0.1) is 13.5 Å². The fourth-order valence-electron chi connectivity index (χ4n) is 1.32. The average molecular weight is 198 g/mol. The minimum atomic E-state index is -1.08. The number of rotatable bonds is 3. The van der Waals surface area contributed by atoms with Crippen LogP contribution in [0.3, 0.4) is 0 Å². The molecule has 0 fully saturated rings. The molecule has 1 aromatic rings. The van der Waals surface area contributed by atoms with Gasteiger partial charge in [0.1, 0.15) is 11.6 Å². The van der Waals surface area contributed by atoms with E-state index in [-0.39, 0.29) is 12.0 Å². The second kappa shape index (κ2) is 4.09. The number of carboxylic acids is 1. The molecule has 0 bridgehead atoms. The standard InChI is InChI=1S/C10H11FO3/c1-6-3-4-8(11)7(5-9(12)13)10(6)14-2/h3-4H,5H2,1-2H3,(H,12,13). The number of benzene rings is 1. The summed E-state index contributed by atoms with van der Waals surface area (Å²) in [5.74, 6) is -1.31. The van der Waals surface area contributed by atoms with E-state index < -0.39 is 11.8 Å². The summed E-state index contributed by atoms with van der Waals surface area (Å²) in [5, 5.41) is 8.58. The van der Waals surface area contributed by atoms with Crippen LogP contribution < -0.4 is 4.74 Å². The number of hydrogen-bond acceptors (Lipinski definition) is 2. The smallest absolute Gasteiger partial charge is 0.308 e. The Balaban J connectivity index is 3.22. The Morgan fingerprint density at radius 3 is 2.71 bits per heavy atom. The number of hydrogen-bond donors (Lipinski definition) is 1. The lowest BCUT2D eigenvalue weighted by Gasteiger charge is -2.10. The van der Waals surface area contributed by atoms with Crippen molar-refractivity contribution in [3.05, 3.63) is 29.1 Å². The molecule has 0 aliphatic carbocycles. The fraction of sp³-hybridized carbons (Fsp3) is 0.300. The van der Waals surface area contributed by atoms with Gasteiger partial charge in [-0.2, -0.15) is 0 Å². The van der Waals surface area contributed by atoms with Crippen LogP contribution in [0.15, 0.2) is 12.1 Å². The number of ether oxygens (including phenoxy) is 1. The molecule has 3 nitrogen and oxygen atoms in total. The minimum absolute atomic E-state index is 0.0972. The van der Waals surface area contributed by atoms with Crippen molar-refractivity contribution in [2.45, 2.75) is 13.3 Å². The lowest BCUT2D eigenvalue weighted by Crippen LogP contribution is -2.05. The van der Waals surface area contributed by atoms with E-state index in [2.05, 4.69) is 0 Å². The highest BCUT2D eigenvalue weighted by Crippen LogP contribution is 2.26. The molecule has 0 aliphatic heterocycles. The summed E-state index contributed by atoms with van der Waals surface area (Å²) in [6.07, 6.45) is -0.364. The minimum Gasteiger partial charge on any atom is -0.496 e. The second-order valence-electron chi connectivity index (χ2n) is 2.95. The maximum atomic E-state index is 13.2. The molecule has 1 aromatic carbocycles. The summed E-state index contributed by atoms with van der Waals surface area (Å²) in [4.78, 5) is 10.5. The quantitative estimate of drug-likeness (QED) is 0.805. The zero-order valence-corrected chi connectivity index (χ0v) is 8.00. The summed E-state index contributed by atoms with van der Waals surface area (Å²) in [6, 6.07) is 2.80. The van der Waals surface area contributed by atoms with Gasteiger partial charge in [0, 0.05) is 5.56 Å². The molecule has 0 atom stereocenters. The SMILES string of the molecule is COc1c(C)ccc(F)c1CC(=O)O. The monoisotopic (exact) mass is 198 g/mol. The number of aliphatic carboxylic acids is 1. The molecule has 76 valence electrons. The van der Waals surface area contributed by atoms with E-state index in [0.717, 1.165) is 5.56 Å². The van der Waals surface area contributed by atoms with Crippen LogP contribution in [0.25, 0.3) is 0 Å². The third kappa shape index (κ3) is 2.02. The lowest BCUT2D eigenvalue weighted by atomic mass is 10.1. The molecule has 0 aliphatic rings. The Bertz CT molecular complexity index is 361. The Hall–Kier alpha value is -1.58. The summed E-state index contributed by atoms with van der Waals surface area (Å²) >= 11 is 0. The van der Waals surface area contributed by atoms with Crippen molar-refractivity contribution >= 4 is 5.97 Å². The Morgan fingerprint density at radius 2 is 2.21 bits per heavy atom. The van der Waals surface area contributed by atoms with E-state index >= 15 is 0 Å². The molecule has 14 heavy (non-hydrogen) atoms. The number of carboxylic acid groups (broad SMARTS) is 1. The van der Waals surface area contributed by atoms with Crippen LogP contribution in [-0.2, 0) is 11.2 Å². The first-order valence-corrected chi connectivity index (χ1v) is 4.10. The first kappa shape index (κ1) is 10.5. The van der Waals surface area contributed by atoms with Crippen LogP contribution >= 0.6 is 0 Å². The largest absolute Gasteiger partial charge is 0.496 e. The van der Waals surface area contributed by atoms with Gasteiger partial charge in [0.15, 0.2) is 0 Å². The normalized spacial score (nSPS) is 9.93. The van der Waals surface area contributed by atoms with Gasteiger partial charge in [-0.25, -0.2) is 4.39 Å². The zero-order chi connectivity index (χ0) is 10.7. The molecule has 1 N–H and O–H groups in total. The molecule has 0 unspecified atom stereocenters. The van der Waals surface area contributed by atoms with Gasteiger partial charge in [0.25, 0.3) is 0 Å². The van der Waals surface area contributed by atoms with E-state index in [0.29, 0.717) is 5.75 Å². The van der Waals surface area contributed by atoms with Crippen LogP contribution in [0.4, 0.5) is 4.39 Å². The number of aryl methyl sites for hydroxylation is 1. The Morgan fingerprint density at radius 1 is 1.57 bits per heavy atom. The van der Waals surface area contributed by atoms with E-state index in [9.17, 15) is 9.18 Å². The summed E-state index contributed by atoms with van der Waals surface area (Å²) in [5.41, 5.74) is 0.824. The maximum Gasteiger partial charge on any atom is 0.308 e. The average Bonchev–Trinajstić information content (AvgIpc) is 2.11. The Labute approximate surface area is 81.1 Å². The molecule has 0 heterocycles. The van der Waals surface area contributed by atoms with Gasteiger partial charge in [-0.1, -0.05) is 6.07 Å². The third-order valence-corrected chi connectivity index (χ3v) is 1.93. The fourth-order valence-corrected chi connectivity index (χ4v) is 1.32. The predicted molar refractivity (Wildman–Crippen MR) is 49.0 cm³/mol. The first-order chi connectivity index (χ1) is 6.56. The number of carbonyl (C=O) groups is 1. The summed E-state index contributed by atoms with van der Waals surface area (Å²) < 4.78 is 18.2. The molecular weight excluding hydrogens is 187 g/mol. The molecule has 1 rings (SSSR count). The van der Waals surface area contributed by atoms with Crippen LogP contribution in [0, 0.1) is 12.7 Å². The highest BCUT2D eigenvalue weighted by molar-refractivity contribution is 5.71. The predicted octanol–water partition coefficient (Wildman–Crippen LogP) is 1.77. The topological polar surface area (TPSA) is 46.5 Å². The molecule has 4 heteroatoms. The highest BCUT2D eigenvalue weighted by Gasteiger charge is 2.14. The van der Waals surface area contributed by atoms with E-state index in [4.69, 9.17) is 9.84 Å². The second-order valence-corrected chi connectivity index (χ2v) is 2.95. The maximum absolute atomic E-state index is 13.2. The van der Waals surface area contributed by atoms with Crippen molar-refractivity contribution in [3.63, 3.8) is 0 Å². The highest BCUT2D eigenvalue weighted by atomic mass is 19.1. The van der Waals surface area contributed by atoms with Crippen molar-refractivity contribution in [2.24, 2.45) is 0 Å². The van der Waals surface area contributed by atoms with Crippen molar-refractivity contribution in [1.29, 1.82) is 0 Å². The summed E-state index contributed by atoms with van der Waals surface area (Å²) in [6.45, 7) is 1.74. The van der Waals surface area contributed by atoms with Gasteiger partial charge in [-0.05, 0) is 18.6 Å². The zero-order valence-electron chi connectivity index (χ0n) is 8.00. The number of halogens is 1. The molecule has 0 saturated carbocycles. The van der Waals surface area contributed by atoms with Gasteiger partial charge >= 0.3 is 5.97 Å². The van der Waals surface area contributed by atoms with Crippen LogP contribution in [-0.4, -0.2) is 18.2 Å². The summed E-state index contributed by atoms with van der Waals surface area (Å²) in [7, 11) is 1.40. The van der Waals surface area contributed by atoms with Gasteiger partial charge in [0.2, 0.25) is 0 Å². The lowest BCUT2D eigenvalue weighted by molar-refractivity contribution is -0.136. The third-order valence-electron chi connectivity index (χ3n) is 1.93. The van der Waals surface area contributed by atoms with Crippen molar-refractivity contribution in [1.82, 2.24) is 0 Å². The molecule has 0 aromatic heterocycles. The van der Waals surface area contributed by atoms with Crippen LogP contribution in [0.1, 0.15) is 11.1 Å². The van der Waals surface area contributed by atoms with Crippen LogP contribution in [0.5, 0.6) is 5.75 Å². The van der Waals surface area contributed by atoms with E-state index in [1.54, 1.807) is 13.0 Å². The molecular formula is C10H11FO3. The van der Waals surface area contributed by atoms with E-state index in [1.807, 2.05) is 0 Å². The van der Waals surface area contributed by atoms with Gasteiger partial charge in [-0.3, -0.25) is 4.79 Å². The molecule has 0 saturated heterocycles.